The zero-order valence-electron chi connectivity index (χ0n) is 8.81. The quantitative estimate of drug-likeness (QED) is 0.756. The van der Waals surface area contributed by atoms with Crippen LogP contribution in [0.15, 0.2) is 29.4 Å². The van der Waals surface area contributed by atoms with E-state index in [-0.39, 0.29) is 26.3 Å². The number of nitrogen functional groups attached to an aromatic ring is 1. The zero-order valence-corrected chi connectivity index (χ0v) is 11.1. The average molecular weight is 307 g/mol. The third-order valence-corrected chi connectivity index (χ3v) is 4.09. The van der Waals surface area contributed by atoms with Crippen molar-refractivity contribution in [1.82, 2.24) is 10.2 Å². The second-order valence-corrected chi connectivity index (χ2v) is 5.89. The first-order chi connectivity index (χ1) is 8.40. The molecule has 96 valence electrons. The second-order valence-electron chi connectivity index (χ2n) is 3.39. The van der Waals surface area contributed by atoms with Gasteiger partial charge in [-0.05, 0) is 12.1 Å². The first-order valence-electron chi connectivity index (χ1n) is 4.66. The number of hydrogen-bond donors (Lipinski definition) is 3. The maximum absolute atomic E-state index is 11.9. The molecular formula is C9H8Cl2N4O2S. The summed E-state index contributed by atoms with van der Waals surface area (Å²) in [6.07, 6.45) is 2.44. The van der Waals surface area contributed by atoms with Crippen LogP contribution >= 0.6 is 23.2 Å². The van der Waals surface area contributed by atoms with Crippen molar-refractivity contribution in [3.05, 3.63) is 34.6 Å². The Balaban J connectivity index is 2.36. The number of nitrogens with one attached hydrogen (secondary N) is 2. The van der Waals surface area contributed by atoms with Crippen LogP contribution in [0.4, 0.5) is 11.4 Å². The third kappa shape index (κ3) is 2.53. The Morgan fingerprint density at radius 3 is 2.39 bits per heavy atom. The van der Waals surface area contributed by atoms with Gasteiger partial charge < -0.3 is 5.73 Å². The fourth-order valence-corrected chi connectivity index (χ4v) is 2.68. The molecule has 2 rings (SSSR count). The summed E-state index contributed by atoms with van der Waals surface area (Å²) in [6, 6.07) is 2.75. The molecule has 0 amide bonds. The molecule has 0 radical (unpaired) electrons. The van der Waals surface area contributed by atoms with E-state index in [1.807, 2.05) is 0 Å². The molecule has 6 nitrogen and oxygen atoms in total. The summed E-state index contributed by atoms with van der Waals surface area (Å²) in [7, 11) is -3.72. The fraction of sp³-hybridized carbons (Fsp3) is 0. The maximum atomic E-state index is 11.9. The predicted octanol–water partition coefficient (Wildman–Crippen LogP) is 2.10. The molecule has 0 atom stereocenters. The van der Waals surface area contributed by atoms with E-state index in [1.54, 1.807) is 0 Å². The van der Waals surface area contributed by atoms with Crippen LogP contribution in [0.5, 0.6) is 0 Å². The van der Waals surface area contributed by atoms with Gasteiger partial charge in [-0.3, -0.25) is 9.82 Å². The van der Waals surface area contributed by atoms with E-state index in [9.17, 15) is 8.42 Å². The maximum Gasteiger partial charge on any atom is 0.265 e. The Morgan fingerprint density at radius 2 is 1.89 bits per heavy atom. The van der Waals surface area contributed by atoms with Crippen molar-refractivity contribution in [2.45, 2.75) is 4.90 Å². The van der Waals surface area contributed by atoms with Gasteiger partial charge in [0.15, 0.2) is 0 Å². The van der Waals surface area contributed by atoms with Gasteiger partial charge in [0, 0.05) is 6.20 Å². The topological polar surface area (TPSA) is 101 Å². The normalized spacial score (nSPS) is 11.4. The van der Waals surface area contributed by atoms with Crippen LogP contribution in [-0.4, -0.2) is 18.6 Å². The molecule has 1 heterocycles. The van der Waals surface area contributed by atoms with Crippen LogP contribution in [0.1, 0.15) is 0 Å². The van der Waals surface area contributed by atoms with Crippen LogP contribution in [0.25, 0.3) is 0 Å². The van der Waals surface area contributed by atoms with Crippen LogP contribution < -0.4 is 10.5 Å². The summed E-state index contributed by atoms with van der Waals surface area (Å²) in [6.45, 7) is 0. The molecule has 0 bridgehead atoms. The van der Waals surface area contributed by atoms with Crippen molar-refractivity contribution in [1.29, 1.82) is 0 Å². The average Bonchev–Trinajstić information content (AvgIpc) is 2.79. The van der Waals surface area contributed by atoms with Crippen molar-refractivity contribution in [2.24, 2.45) is 0 Å². The lowest BCUT2D eigenvalue weighted by atomic mass is 10.3. The van der Waals surface area contributed by atoms with Gasteiger partial charge in [0.1, 0.15) is 4.90 Å². The number of aromatic nitrogens is 2. The number of nitrogens with two attached hydrogens (primary N) is 1. The highest BCUT2D eigenvalue weighted by molar-refractivity contribution is 7.92. The number of benzene rings is 1. The van der Waals surface area contributed by atoms with Crippen LogP contribution in [0.2, 0.25) is 10.0 Å². The summed E-state index contributed by atoms with van der Waals surface area (Å²) >= 11 is 11.6. The number of aromatic amines is 1. The summed E-state index contributed by atoms with van der Waals surface area (Å²) in [5.74, 6) is 0. The molecule has 0 aliphatic rings. The molecule has 0 saturated carbocycles. The van der Waals surface area contributed by atoms with Crippen LogP contribution in [0, 0.1) is 0 Å². The smallest absolute Gasteiger partial charge is 0.265 e. The summed E-state index contributed by atoms with van der Waals surface area (Å²) in [5.41, 5.74) is 5.97. The van der Waals surface area contributed by atoms with Gasteiger partial charge in [-0.25, -0.2) is 8.42 Å². The van der Waals surface area contributed by atoms with Gasteiger partial charge in [-0.2, -0.15) is 5.10 Å². The first kappa shape index (κ1) is 13.0. The number of halogens is 2. The monoisotopic (exact) mass is 306 g/mol. The van der Waals surface area contributed by atoms with E-state index in [0.717, 1.165) is 0 Å². The molecule has 0 aliphatic carbocycles. The minimum Gasteiger partial charge on any atom is -0.396 e. The van der Waals surface area contributed by atoms with Gasteiger partial charge in [-0.1, -0.05) is 23.2 Å². The molecule has 2 aromatic rings. The highest BCUT2D eigenvalue weighted by Crippen LogP contribution is 2.31. The van der Waals surface area contributed by atoms with Crippen LogP contribution in [-0.2, 0) is 10.0 Å². The van der Waals surface area contributed by atoms with Crippen molar-refractivity contribution in [3.8, 4) is 0 Å². The lowest BCUT2D eigenvalue weighted by Crippen LogP contribution is -2.12. The van der Waals surface area contributed by atoms with Crippen LogP contribution in [0.3, 0.4) is 0 Å². The second kappa shape index (κ2) is 4.68. The van der Waals surface area contributed by atoms with Crippen molar-refractivity contribution < 1.29 is 8.42 Å². The zero-order chi connectivity index (χ0) is 13.3. The van der Waals surface area contributed by atoms with E-state index in [2.05, 4.69) is 14.9 Å². The Kier molecular flexibility index (Phi) is 3.38. The van der Waals surface area contributed by atoms with E-state index in [0.29, 0.717) is 0 Å². The summed E-state index contributed by atoms with van der Waals surface area (Å²) in [5, 5.41) is 6.32. The molecule has 9 heteroatoms. The highest BCUT2D eigenvalue weighted by atomic mass is 35.5. The number of nitrogens with zero attached hydrogens (tertiary/aromatic N) is 1. The van der Waals surface area contributed by atoms with E-state index in [1.165, 1.54) is 24.5 Å². The Bertz CT molecular complexity index is 647. The minimum atomic E-state index is -3.72. The number of rotatable bonds is 3. The van der Waals surface area contributed by atoms with Crippen molar-refractivity contribution >= 4 is 44.6 Å². The van der Waals surface area contributed by atoms with Gasteiger partial charge in [0.05, 0.1) is 27.6 Å². The third-order valence-electron chi connectivity index (χ3n) is 2.11. The van der Waals surface area contributed by atoms with E-state index >= 15 is 0 Å². The van der Waals surface area contributed by atoms with Gasteiger partial charge in [0.2, 0.25) is 0 Å². The highest BCUT2D eigenvalue weighted by Gasteiger charge is 2.16. The molecule has 0 fully saturated rings. The van der Waals surface area contributed by atoms with Crippen molar-refractivity contribution in [3.63, 3.8) is 0 Å². The number of H-pyrrole nitrogens is 1. The molecule has 0 spiro atoms. The van der Waals surface area contributed by atoms with Crippen molar-refractivity contribution in [2.75, 3.05) is 10.5 Å². The van der Waals surface area contributed by atoms with Gasteiger partial charge in [0.25, 0.3) is 10.0 Å². The lowest BCUT2D eigenvalue weighted by Gasteiger charge is -2.08. The lowest BCUT2D eigenvalue weighted by molar-refractivity contribution is 0.601. The minimum absolute atomic E-state index is 0.00608. The summed E-state index contributed by atoms with van der Waals surface area (Å²) in [4.78, 5) is 0.00608. The Hall–Kier alpha value is -1.44. The first-order valence-corrected chi connectivity index (χ1v) is 6.90. The largest absolute Gasteiger partial charge is 0.396 e. The van der Waals surface area contributed by atoms with Gasteiger partial charge in [-0.15, -0.1) is 0 Å². The SMILES string of the molecule is Nc1c(Cl)cc(NS(=O)(=O)c2cn[nH]c2)cc1Cl. The molecule has 0 unspecified atom stereocenters. The number of anilines is 2. The Labute approximate surface area is 113 Å². The molecule has 4 N–H and O–H groups in total. The van der Waals surface area contributed by atoms with E-state index < -0.39 is 10.0 Å². The number of hydrogen-bond acceptors (Lipinski definition) is 4. The molecular weight excluding hydrogens is 299 g/mol. The predicted molar refractivity (Wildman–Crippen MR) is 70.3 cm³/mol. The molecule has 18 heavy (non-hydrogen) atoms. The molecule has 0 saturated heterocycles. The van der Waals surface area contributed by atoms with Gasteiger partial charge >= 0.3 is 0 Å². The molecule has 1 aromatic heterocycles. The Morgan fingerprint density at radius 1 is 1.28 bits per heavy atom. The standard InChI is InChI=1S/C9H8Cl2N4O2S/c10-7-1-5(2-8(11)9(7)12)15-18(16,17)6-3-13-14-4-6/h1-4,15H,12H2,(H,13,14). The fourth-order valence-electron chi connectivity index (χ4n) is 1.24. The molecule has 0 aliphatic heterocycles. The number of sulfonamides is 1. The summed E-state index contributed by atoms with van der Waals surface area (Å²) < 4.78 is 26.1. The molecule has 1 aromatic carbocycles. The van der Waals surface area contributed by atoms with E-state index in [4.69, 9.17) is 28.9 Å².